The molecule has 0 aromatic heterocycles. The third-order valence-electron chi connectivity index (χ3n) is 4.95. The van der Waals surface area contributed by atoms with Crippen LogP contribution in [0.1, 0.15) is 47.2 Å². The summed E-state index contributed by atoms with van der Waals surface area (Å²) in [6.07, 6.45) is 5.07. The Morgan fingerprint density at radius 3 is 2.28 bits per heavy atom. The first-order chi connectivity index (χ1) is 12.1. The van der Waals surface area contributed by atoms with Crippen molar-refractivity contribution in [2.24, 2.45) is 0 Å². The van der Waals surface area contributed by atoms with Crippen LogP contribution in [-0.4, -0.2) is 22.5 Å². The molecule has 2 aromatic carbocycles. The van der Waals surface area contributed by atoms with E-state index >= 15 is 0 Å². The van der Waals surface area contributed by atoms with Crippen LogP contribution in [0.3, 0.4) is 0 Å². The van der Waals surface area contributed by atoms with E-state index in [0.29, 0.717) is 5.56 Å². The maximum absolute atomic E-state index is 12.6. The van der Waals surface area contributed by atoms with Crippen LogP contribution in [0.15, 0.2) is 54.6 Å². The minimum atomic E-state index is -0.997. The molecule has 4 nitrogen and oxygen atoms in total. The monoisotopic (exact) mass is 337 g/mol. The average molecular weight is 337 g/mol. The maximum Gasteiger partial charge on any atom is 0.335 e. The van der Waals surface area contributed by atoms with Crippen molar-refractivity contribution in [1.29, 1.82) is 0 Å². The van der Waals surface area contributed by atoms with Gasteiger partial charge in [0.25, 0.3) is 0 Å². The highest BCUT2D eigenvalue weighted by Gasteiger charge is 2.35. The Bertz CT molecular complexity index is 749. The largest absolute Gasteiger partial charge is 0.478 e. The van der Waals surface area contributed by atoms with E-state index in [2.05, 4.69) is 17.4 Å². The molecule has 130 valence electrons. The summed E-state index contributed by atoms with van der Waals surface area (Å²) in [4.78, 5) is 24.0. The molecule has 1 fully saturated rings. The highest BCUT2D eigenvalue weighted by Crippen LogP contribution is 2.33. The lowest BCUT2D eigenvalue weighted by Gasteiger charge is -2.31. The number of carbonyl (C=O) groups is 2. The van der Waals surface area contributed by atoms with Gasteiger partial charge in [0.1, 0.15) is 0 Å². The van der Waals surface area contributed by atoms with E-state index < -0.39 is 5.97 Å². The van der Waals surface area contributed by atoms with E-state index in [9.17, 15) is 14.7 Å². The molecule has 0 radical (unpaired) electrons. The molecule has 0 bridgehead atoms. The Kier molecular flexibility index (Phi) is 5.17. The minimum Gasteiger partial charge on any atom is -0.478 e. The molecule has 1 aliphatic carbocycles. The molecule has 3 rings (SSSR count). The summed E-state index contributed by atoms with van der Waals surface area (Å²) < 4.78 is 0. The van der Waals surface area contributed by atoms with Gasteiger partial charge in [0.15, 0.2) is 0 Å². The molecule has 0 aliphatic heterocycles. The maximum atomic E-state index is 12.6. The Labute approximate surface area is 147 Å². The van der Waals surface area contributed by atoms with Crippen molar-refractivity contribution in [3.63, 3.8) is 0 Å². The number of aromatic carboxylic acids is 1. The zero-order valence-electron chi connectivity index (χ0n) is 14.2. The predicted molar refractivity (Wildman–Crippen MR) is 96.6 cm³/mol. The van der Waals surface area contributed by atoms with E-state index in [1.807, 2.05) is 18.2 Å². The Morgan fingerprint density at radius 2 is 1.60 bits per heavy atom. The molecular weight excluding hydrogens is 314 g/mol. The van der Waals surface area contributed by atoms with Crippen molar-refractivity contribution >= 4 is 11.9 Å². The van der Waals surface area contributed by atoms with Gasteiger partial charge in [-0.2, -0.15) is 0 Å². The van der Waals surface area contributed by atoms with Crippen molar-refractivity contribution < 1.29 is 14.7 Å². The summed E-state index contributed by atoms with van der Waals surface area (Å²) in [6, 6.07) is 16.9. The number of carbonyl (C=O) groups excluding carboxylic acids is 1. The number of amides is 1. The molecule has 0 spiro atoms. The van der Waals surface area contributed by atoms with Gasteiger partial charge in [0.2, 0.25) is 5.91 Å². The van der Waals surface area contributed by atoms with Crippen molar-refractivity contribution in [2.75, 3.05) is 0 Å². The molecule has 0 saturated heterocycles. The number of hydrogen-bond donors (Lipinski definition) is 2. The summed E-state index contributed by atoms with van der Waals surface area (Å²) >= 11 is 0. The minimum absolute atomic E-state index is 0.0962. The number of carboxylic acids is 1. The van der Waals surface area contributed by atoms with E-state index in [1.165, 1.54) is 5.56 Å². The summed E-state index contributed by atoms with van der Waals surface area (Å²) in [5.74, 6) is -1.10. The third-order valence-corrected chi connectivity index (χ3v) is 4.95. The molecule has 2 N–H and O–H groups in total. The van der Waals surface area contributed by atoms with Gasteiger partial charge in [-0.25, -0.2) is 4.79 Å². The summed E-state index contributed by atoms with van der Waals surface area (Å²) in [6.45, 7) is 0. The van der Waals surface area contributed by atoms with Crippen LogP contribution in [0, 0.1) is 0 Å². The van der Waals surface area contributed by atoms with Gasteiger partial charge < -0.3 is 10.4 Å². The number of rotatable bonds is 6. The first-order valence-corrected chi connectivity index (χ1v) is 8.74. The number of carboxylic acid groups (broad SMARTS) is 1. The van der Waals surface area contributed by atoms with Crippen LogP contribution in [0.5, 0.6) is 0 Å². The molecule has 0 unspecified atom stereocenters. The third kappa shape index (κ3) is 4.27. The van der Waals surface area contributed by atoms with Gasteiger partial charge in [0, 0.05) is 5.54 Å². The van der Waals surface area contributed by atoms with Crippen molar-refractivity contribution in [3.05, 3.63) is 71.3 Å². The van der Waals surface area contributed by atoms with E-state index in [-0.39, 0.29) is 23.4 Å². The number of benzene rings is 2. The highest BCUT2D eigenvalue weighted by molar-refractivity contribution is 5.91. The van der Waals surface area contributed by atoms with E-state index in [0.717, 1.165) is 32.1 Å². The first-order valence-electron chi connectivity index (χ1n) is 8.74. The normalized spacial score (nSPS) is 15.7. The molecule has 1 aliphatic rings. The van der Waals surface area contributed by atoms with Gasteiger partial charge in [-0.1, -0.05) is 61.4 Å². The zero-order valence-corrected chi connectivity index (χ0v) is 14.2. The molecule has 1 amide bonds. The van der Waals surface area contributed by atoms with E-state index in [4.69, 9.17) is 0 Å². The molecule has 25 heavy (non-hydrogen) atoms. The van der Waals surface area contributed by atoms with Gasteiger partial charge >= 0.3 is 5.97 Å². The average Bonchev–Trinajstić information content (AvgIpc) is 3.03. The lowest BCUT2D eigenvalue weighted by atomic mass is 9.88. The van der Waals surface area contributed by atoms with Gasteiger partial charge in [-0.05, 0) is 36.5 Å². The fourth-order valence-corrected chi connectivity index (χ4v) is 3.78. The SMILES string of the molecule is O=C(Cc1ccccc1C(=O)O)NC1(Cc2ccccc2)CCCC1. The van der Waals surface area contributed by atoms with Crippen LogP contribution >= 0.6 is 0 Å². The quantitative estimate of drug-likeness (QED) is 0.846. The number of hydrogen-bond acceptors (Lipinski definition) is 2. The van der Waals surface area contributed by atoms with Gasteiger partial charge in [0.05, 0.1) is 12.0 Å². The van der Waals surface area contributed by atoms with Crippen LogP contribution < -0.4 is 5.32 Å². The Hall–Kier alpha value is -2.62. The molecule has 1 saturated carbocycles. The summed E-state index contributed by atoms with van der Waals surface area (Å²) in [5, 5.41) is 12.5. The summed E-state index contributed by atoms with van der Waals surface area (Å²) in [7, 11) is 0. The number of nitrogens with one attached hydrogen (secondary N) is 1. The molecule has 0 atom stereocenters. The van der Waals surface area contributed by atoms with Crippen LogP contribution in [0.25, 0.3) is 0 Å². The standard InChI is InChI=1S/C21H23NO3/c23-19(14-17-10-4-5-11-18(17)20(24)25)22-21(12-6-7-13-21)15-16-8-2-1-3-9-16/h1-5,8-11H,6-7,12-15H2,(H,22,23)(H,24,25). The second-order valence-corrected chi connectivity index (χ2v) is 6.84. The van der Waals surface area contributed by atoms with Crippen LogP contribution in [0.2, 0.25) is 0 Å². The molecule has 4 heteroatoms. The molecular formula is C21H23NO3. The Balaban J connectivity index is 1.73. The van der Waals surface area contributed by atoms with Gasteiger partial charge in [-0.15, -0.1) is 0 Å². The summed E-state index contributed by atoms with van der Waals surface area (Å²) in [5.41, 5.74) is 1.76. The molecule has 2 aromatic rings. The Morgan fingerprint density at radius 1 is 0.960 bits per heavy atom. The lowest BCUT2D eigenvalue weighted by molar-refractivity contribution is -0.122. The van der Waals surface area contributed by atoms with Crippen LogP contribution in [0.4, 0.5) is 0 Å². The smallest absolute Gasteiger partial charge is 0.335 e. The van der Waals surface area contributed by atoms with Crippen LogP contribution in [-0.2, 0) is 17.6 Å². The van der Waals surface area contributed by atoms with Crippen molar-refractivity contribution in [1.82, 2.24) is 5.32 Å². The topological polar surface area (TPSA) is 66.4 Å². The fourth-order valence-electron chi connectivity index (χ4n) is 3.78. The second-order valence-electron chi connectivity index (χ2n) is 6.84. The second kappa shape index (κ2) is 7.51. The molecule has 0 heterocycles. The first kappa shape index (κ1) is 17.2. The van der Waals surface area contributed by atoms with E-state index in [1.54, 1.807) is 24.3 Å². The van der Waals surface area contributed by atoms with Gasteiger partial charge in [-0.3, -0.25) is 4.79 Å². The van der Waals surface area contributed by atoms with Crippen molar-refractivity contribution in [3.8, 4) is 0 Å². The zero-order chi connectivity index (χ0) is 17.7. The predicted octanol–water partition coefficient (Wildman–Crippen LogP) is 3.60. The lowest BCUT2D eigenvalue weighted by Crippen LogP contribution is -2.48. The van der Waals surface area contributed by atoms with Crippen molar-refractivity contribution in [2.45, 2.75) is 44.1 Å². The fraction of sp³-hybridized carbons (Fsp3) is 0.333. The highest BCUT2D eigenvalue weighted by atomic mass is 16.4.